The third-order valence-electron chi connectivity index (χ3n) is 5.43. The highest BCUT2D eigenvalue weighted by molar-refractivity contribution is 6.39. The molecule has 6 nitrogen and oxygen atoms in total. The first kappa shape index (κ1) is 29.4. The van der Waals surface area contributed by atoms with Crippen LogP contribution in [-0.4, -0.2) is 16.2 Å². The van der Waals surface area contributed by atoms with Gasteiger partial charge in [0, 0.05) is 17.0 Å². The Kier molecular flexibility index (Phi) is 10.5. The summed E-state index contributed by atoms with van der Waals surface area (Å²) in [6.45, 7) is 8.34. The van der Waals surface area contributed by atoms with Crippen molar-refractivity contribution in [3.8, 4) is 22.8 Å². The number of halogens is 3. The predicted octanol–water partition coefficient (Wildman–Crippen LogP) is 9.31. The van der Waals surface area contributed by atoms with Gasteiger partial charge < -0.3 is 19.1 Å². The van der Waals surface area contributed by atoms with Crippen LogP contribution in [0.25, 0.3) is 11.3 Å². The van der Waals surface area contributed by atoms with Crippen LogP contribution >= 0.6 is 34.8 Å². The van der Waals surface area contributed by atoms with Crippen molar-refractivity contribution in [1.29, 1.82) is 0 Å². The van der Waals surface area contributed by atoms with Gasteiger partial charge in [0.25, 0.3) is 0 Å². The van der Waals surface area contributed by atoms with Gasteiger partial charge in [-0.2, -0.15) is 0 Å². The third kappa shape index (κ3) is 7.01. The molecule has 0 fully saturated rings. The first-order valence-corrected chi connectivity index (χ1v) is 13.2. The quantitative estimate of drug-likeness (QED) is 0.214. The molecule has 0 aliphatic heterocycles. The first-order chi connectivity index (χ1) is 18.2. The summed E-state index contributed by atoms with van der Waals surface area (Å²) in [4.78, 5) is 11.1. The van der Waals surface area contributed by atoms with Crippen molar-refractivity contribution in [2.45, 2.75) is 46.8 Å². The Labute approximate surface area is 237 Å². The van der Waals surface area contributed by atoms with Crippen LogP contribution in [0, 0.1) is 0 Å². The standard InChI is InChI=1S/C27H22Cl3NO5.C2H6/c1-15(2)26-20(25(31-36-26)24-21(28)7-4-8-22(24)29)14-35-19-10-9-17(23(30)12-19)13-34-18-6-3-5-16(11-18)27(32)33;1-2/h3-12,15H,13-14H2,1-2H3,(H,32,33);1-2H3. The smallest absolute Gasteiger partial charge is 0.335 e. The number of carbonyl (C=O) groups is 1. The largest absolute Gasteiger partial charge is 0.489 e. The Bertz CT molecular complexity index is 1380. The highest BCUT2D eigenvalue weighted by Gasteiger charge is 2.24. The lowest BCUT2D eigenvalue weighted by Crippen LogP contribution is -2.02. The molecule has 200 valence electrons. The zero-order valence-corrected chi connectivity index (χ0v) is 23.7. The van der Waals surface area contributed by atoms with Gasteiger partial charge in [-0.1, -0.05) is 85.9 Å². The van der Waals surface area contributed by atoms with E-state index in [1.807, 2.05) is 27.7 Å². The lowest BCUT2D eigenvalue weighted by atomic mass is 10.0. The molecule has 0 spiro atoms. The Hall–Kier alpha value is -3.19. The Morgan fingerprint density at radius 3 is 2.16 bits per heavy atom. The van der Waals surface area contributed by atoms with E-state index < -0.39 is 5.97 Å². The second-order valence-corrected chi connectivity index (χ2v) is 9.51. The number of carboxylic acid groups (broad SMARTS) is 1. The lowest BCUT2D eigenvalue weighted by Gasteiger charge is -2.12. The number of hydrogen-bond acceptors (Lipinski definition) is 5. The molecule has 38 heavy (non-hydrogen) atoms. The monoisotopic (exact) mass is 575 g/mol. The molecule has 0 aliphatic carbocycles. The Morgan fingerprint density at radius 1 is 0.895 bits per heavy atom. The summed E-state index contributed by atoms with van der Waals surface area (Å²) in [6, 6.07) is 16.8. The van der Waals surface area contributed by atoms with Crippen LogP contribution in [0.1, 0.15) is 60.9 Å². The molecule has 0 radical (unpaired) electrons. The minimum atomic E-state index is -1.02. The van der Waals surface area contributed by atoms with Gasteiger partial charge in [-0.3, -0.25) is 0 Å². The van der Waals surface area contributed by atoms with Gasteiger partial charge in [0.15, 0.2) is 0 Å². The summed E-state index contributed by atoms with van der Waals surface area (Å²) < 4.78 is 17.4. The maximum absolute atomic E-state index is 11.1. The van der Waals surface area contributed by atoms with Crippen LogP contribution in [0.2, 0.25) is 15.1 Å². The summed E-state index contributed by atoms with van der Waals surface area (Å²) in [5.74, 6) is 0.706. The fourth-order valence-corrected chi connectivity index (χ4v) is 4.41. The van der Waals surface area contributed by atoms with Crippen LogP contribution < -0.4 is 9.47 Å². The van der Waals surface area contributed by atoms with E-state index in [1.165, 1.54) is 12.1 Å². The molecule has 0 bridgehead atoms. The SMILES string of the molecule is CC.CC(C)c1onc(-c2c(Cl)cccc2Cl)c1COc1ccc(COc2cccc(C(=O)O)c2)c(Cl)c1. The van der Waals surface area contributed by atoms with Crippen molar-refractivity contribution in [2.75, 3.05) is 0 Å². The van der Waals surface area contributed by atoms with E-state index in [-0.39, 0.29) is 24.7 Å². The summed E-state index contributed by atoms with van der Waals surface area (Å²) in [7, 11) is 0. The molecular formula is C29H28Cl3NO5. The minimum Gasteiger partial charge on any atom is -0.489 e. The molecule has 0 saturated heterocycles. The number of rotatable bonds is 9. The molecular weight excluding hydrogens is 549 g/mol. The Morgan fingerprint density at radius 2 is 1.53 bits per heavy atom. The van der Waals surface area contributed by atoms with Crippen LogP contribution in [0.3, 0.4) is 0 Å². The highest BCUT2D eigenvalue weighted by atomic mass is 35.5. The van der Waals surface area contributed by atoms with E-state index in [9.17, 15) is 4.79 Å². The summed E-state index contributed by atoms with van der Waals surface area (Å²) in [5, 5.41) is 14.8. The average Bonchev–Trinajstić information content (AvgIpc) is 3.32. The van der Waals surface area contributed by atoms with Crippen molar-refractivity contribution >= 4 is 40.8 Å². The van der Waals surface area contributed by atoms with Gasteiger partial charge in [-0.15, -0.1) is 0 Å². The normalized spacial score (nSPS) is 10.6. The number of carboxylic acids is 1. The molecule has 4 aromatic rings. The molecule has 1 aromatic heterocycles. The zero-order valence-electron chi connectivity index (χ0n) is 21.4. The molecule has 4 rings (SSSR count). The second kappa shape index (κ2) is 13.6. The van der Waals surface area contributed by atoms with Crippen molar-refractivity contribution in [3.63, 3.8) is 0 Å². The van der Waals surface area contributed by atoms with E-state index in [4.69, 9.17) is 53.9 Å². The molecule has 9 heteroatoms. The van der Waals surface area contributed by atoms with Crippen LogP contribution in [0.5, 0.6) is 11.5 Å². The van der Waals surface area contributed by atoms with Crippen LogP contribution in [0.15, 0.2) is 65.2 Å². The topological polar surface area (TPSA) is 81.8 Å². The number of aromatic nitrogens is 1. The lowest BCUT2D eigenvalue weighted by molar-refractivity contribution is 0.0696. The Balaban J connectivity index is 0.00000195. The maximum atomic E-state index is 11.1. The molecule has 3 aromatic carbocycles. The first-order valence-electron chi connectivity index (χ1n) is 12.0. The van der Waals surface area contributed by atoms with Gasteiger partial charge in [-0.25, -0.2) is 4.79 Å². The molecule has 0 saturated carbocycles. The summed E-state index contributed by atoms with van der Waals surface area (Å²) in [6.07, 6.45) is 0. The van der Waals surface area contributed by atoms with Crippen molar-refractivity contribution in [1.82, 2.24) is 5.16 Å². The molecule has 1 N–H and O–H groups in total. The van der Waals surface area contributed by atoms with Crippen LogP contribution in [-0.2, 0) is 13.2 Å². The number of hydrogen-bond donors (Lipinski definition) is 1. The fraction of sp³-hybridized carbons (Fsp3) is 0.241. The highest BCUT2D eigenvalue weighted by Crippen LogP contribution is 2.39. The van der Waals surface area contributed by atoms with Gasteiger partial charge in [0.1, 0.15) is 36.2 Å². The second-order valence-electron chi connectivity index (χ2n) is 8.29. The zero-order chi connectivity index (χ0) is 27.8. The fourth-order valence-electron chi connectivity index (χ4n) is 3.61. The molecule has 0 unspecified atom stereocenters. The van der Waals surface area contributed by atoms with Gasteiger partial charge >= 0.3 is 5.97 Å². The number of aromatic carboxylic acids is 1. The van der Waals surface area contributed by atoms with Gasteiger partial charge in [-0.05, 0) is 42.5 Å². The van der Waals surface area contributed by atoms with E-state index in [1.54, 1.807) is 48.5 Å². The van der Waals surface area contributed by atoms with Gasteiger partial charge in [0.05, 0.1) is 26.2 Å². The van der Waals surface area contributed by atoms with Crippen molar-refractivity contribution in [3.05, 3.63) is 98.2 Å². The van der Waals surface area contributed by atoms with Crippen molar-refractivity contribution in [2.24, 2.45) is 0 Å². The van der Waals surface area contributed by atoms with E-state index in [0.717, 1.165) is 11.1 Å². The van der Waals surface area contributed by atoms with E-state index in [2.05, 4.69) is 5.16 Å². The van der Waals surface area contributed by atoms with E-state index >= 15 is 0 Å². The number of nitrogens with zero attached hydrogens (tertiary/aromatic N) is 1. The van der Waals surface area contributed by atoms with E-state index in [0.29, 0.717) is 43.6 Å². The van der Waals surface area contributed by atoms with Crippen LogP contribution in [0.4, 0.5) is 0 Å². The van der Waals surface area contributed by atoms with Gasteiger partial charge in [0.2, 0.25) is 0 Å². The number of ether oxygens (including phenoxy) is 2. The average molecular weight is 577 g/mol. The third-order valence-corrected chi connectivity index (χ3v) is 6.41. The minimum absolute atomic E-state index is 0.0638. The molecule has 0 amide bonds. The molecule has 1 heterocycles. The predicted molar refractivity (Wildman–Crippen MR) is 151 cm³/mol. The molecule has 0 aliphatic rings. The van der Waals surface area contributed by atoms with Crippen molar-refractivity contribution < 1.29 is 23.9 Å². The molecule has 0 atom stereocenters. The summed E-state index contributed by atoms with van der Waals surface area (Å²) in [5.41, 5.74) is 2.75. The summed E-state index contributed by atoms with van der Waals surface area (Å²) >= 11 is 19.3. The number of benzene rings is 3. The maximum Gasteiger partial charge on any atom is 0.335 e.